The molecule has 5 heteroatoms. The maximum absolute atomic E-state index is 4.53. The van der Waals surface area contributed by atoms with Gasteiger partial charge in [-0.25, -0.2) is 9.97 Å². The summed E-state index contributed by atoms with van der Waals surface area (Å²) in [6.45, 7) is 0. The molecule has 0 saturated heterocycles. The highest BCUT2D eigenvalue weighted by Gasteiger charge is 2.14. The number of halogens is 1. The van der Waals surface area contributed by atoms with E-state index in [-0.39, 0.29) is 0 Å². The van der Waals surface area contributed by atoms with Crippen molar-refractivity contribution in [3.8, 4) is 0 Å². The van der Waals surface area contributed by atoms with E-state index in [9.17, 15) is 0 Å². The first kappa shape index (κ1) is 11.0. The zero-order chi connectivity index (χ0) is 11.7. The van der Waals surface area contributed by atoms with Crippen molar-refractivity contribution >= 4 is 32.9 Å². The smallest absolute Gasteiger partial charge is 0.223 e. The molecule has 2 aromatic heterocycles. The van der Waals surface area contributed by atoms with Gasteiger partial charge in [0, 0.05) is 12.2 Å². The molecule has 0 amide bonds. The lowest BCUT2D eigenvalue weighted by molar-refractivity contribution is 0.461. The number of hydrogen-bond donors (Lipinski definition) is 2. The normalized spacial score (nSPS) is 17.5. The van der Waals surface area contributed by atoms with Gasteiger partial charge in [-0.05, 0) is 28.8 Å². The Hall–Kier alpha value is -1.10. The van der Waals surface area contributed by atoms with Gasteiger partial charge in [0.1, 0.15) is 5.52 Å². The summed E-state index contributed by atoms with van der Waals surface area (Å²) in [7, 11) is 0. The highest BCUT2D eigenvalue weighted by molar-refractivity contribution is 9.10. The van der Waals surface area contributed by atoms with Crippen LogP contribution in [0.1, 0.15) is 32.1 Å². The number of nitrogens with one attached hydrogen (secondary N) is 2. The fourth-order valence-corrected chi connectivity index (χ4v) is 2.79. The Labute approximate surface area is 108 Å². The molecule has 1 saturated carbocycles. The van der Waals surface area contributed by atoms with Gasteiger partial charge in [-0.15, -0.1) is 0 Å². The minimum absolute atomic E-state index is 0.541. The van der Waals surface area contributed by atoms with Crippen LogP contribution in [0.4, 0.5) is 5.95 Å². The monoisotopic (exact) mass is 294 g/mol. The van der Waals surface area contributed by atoms with Crippen molar-refractivity contribution in [1.29, 1.82) is 0 Å². The van der Waals surface area contributed by atoms with Crippen molar-refractivity contribution in [2.75, 3.05) is 5.32 Å². The second-order valence-corrected chi connectivity index (χ2v) is 5.43. The van der Waals surface area contributed by atoms with E-state index >= 15 is 0 Å². The van der Waals surface area contributed by atoms with Crippen LogP contribution in [0.25, 0.3) is 11.0 Å². The Morgan fingerprint density at radius 2 is 2.12 bits per heavy atom. The molecule has 0 aromatic carbocycles. The minimum atomic E-state index is 0.541. The first-order chi connectivity index (χ1) is 8.33. The predicted molar refractivity (Wildman–Crippen MR) is 72.1 cm³/mol. The van der Waals surface area contributed by atoms with Crippen LogP contribution in [0.2, 0.25) is 0 Å². The van der Waals surface area contributed by atoms with Gasteiger partial charge >= 0.3 is 0 Å². The molecule has 0 unspecified atom stereocenters. The van der Waals surface area contributed by atoms with Crippen molar-refractivity contribution in [2.45, 2.75) is 38.1 Å². The standard InChI is InChI=1S/C12H15BrN4/c13-9-6-14-10-7-15-12(17-11(9)10)16-8-4-2-1-3-5-8/h6-8,14H,1-5H2,(H,15,16,17). The number of aromatic amines is 1. The first-order valence-electron chi connectivity index (χ1n) is 6.09. The average Bonchev–Trinajstić information content (AvgIpc) is 2.73. The van der Waals surface area contributed by atoms with E-state index < -0.39 is 0 Å². The van der Waals surface area contributed by atoms with Crippen LogP contribution in [0.15, 0.2) is 16.9 Å². The number of fused-ring (bicyclic) bond motifs is 1. The molecule has 0 bridgehead atoms. The second-order valence-electron chi connectivity index (χ2n) is 4.57. The third kappa shape index (κ3) is 2.29. The molecule has 2 heterocycles. The van der Waals surface area contributed by atoms with Crippen molar-refractivity contribution < 1.29 is 0 Å². The number of aromatic nitrogens is 3. The van der Waals surface area contributed by atoms with Crippen molar-refractivity contribution in [1.82, 2.24) is 15.0 Å². The second kappa shape index (κ2) is 4.64. The molecule has 0 atom stereocenters. The molecule has 0 aliphatic heterocycles. The molecule has 0 radical (unpaired) electrons. The van der Waals surface area contributed by atoms with E-state index in [1.807, 2.05) is 12.4 Å². The minimum Gasteiger partial charge on any atom is -0.357 e. The van der Waals surface area contributed by atoms with Crippen LogP contribution >= 0.6 is 15.9 Å². The Morgan fingerprint density at radius 3 is 2.94 bits per heavy atom. The summed E-state index contributed by atoms with van der Waals surface area (Å²) in [6.07, 6.45) is 10.2. The van der Waals surface area contributed by atoms with Crippen LogP contribution < -0.4 is 5.32 Å². The van der Waals surface area contributed by atoms with Gasteiger partial charge in [0.2, 0.25) is 5.95 Å². The summed E-state index contributed by atoms with van der Waals surface area (Å²) in [5, 5.41) is 3.43. The lowest BCUT2D eigenvalue weighted by Gasteiger charge is -2.22. The van der Waals surface area contributed by atoms with Gasteiger partial charge in [-0.2, -0.15) is 0 Å². The van der Waals surface area contributed by atoms with Crippen molar-refractivity contribution in [3.05, 3.63) is 16.9 Å². The van der Waals surface area contributed by atoms with Crippen LogP contribution in [-0.4, -0.2) is 21.0 Å². The molecule has 1 fully saturated rings. The van der Waals surface area contributed by atoms with E-state index in [1.54, 1.807) is 0 Å². The van der Waals surface area contributed by atoms with Crippen LogP contribution in [0.3, 0.4) is 0 Å². The van der Waals surface area contributed by atoms with Crippen molar-refractivity contribution in [3.63, 3.8) is 0 Å². The van der Waals surface area contributed by atoms with E-state index in [4.69, 9.17) is 0 Å². The highest BCUT2D eigenvalue weighted by atomic mass is 79.9. The Morgan fingerprint density at radius 1 is 1.29 bits per heavy atom. The summed E-state index contributed by atoms with van der Waals surface area (Å²) in [5.41, 5.74) is 1.91. The fraction of sp³-hybridized carbons (Fsp3) is 0.500. The van der Waals surface area contributed by atoms with Crippen LogP contribution in [0, 0.1) is 0 Å². The number of H-pyrrole nitrogens is 1. The van der Waals surface area contributed by atoms with Gasteiger partial charge in [0.15, 0.2) is 0 Å². The Kier molecular flexibility index (Phi) is 3.01. The fourth-order valence-electron chi connectivity index (χ4n) is 2.38. The highest BCUT2D eigenvalue weighted by Crippen LogP contribution is 2.23. The molecule has 4 nitrogen and oxygen atoms in total. The van der Waals surface area contributed by atoms with Gasteiger partial charge < -0.3 is 10.3 Å². The van der Waals surface area contributed by atoms with Gasteiger partial charge in [0.25, 0.3) is 0 Å². The molecular formula is C12H15BrN4. The maximum Gasteiger partial charge on any atom is 0.223 e. The van der Waals surface area contributed by atoms with Gasteiger partial charge in [-0.3, -0.25) is 0 Å². The first-order valence-corrected chi connectivity index (χ1v) is 6.88. The average molecular weight is 295 g/mol. The summed E-state index contributed by atoms with van der Waals surface area (Å²) >= 11 is 3.48. The lowest BCUT2D eigenvalue weighted by Crippen LogP contribution is -2.23. The molecule has 2 N–H and O–H groups in total. The van der Waals surface area contributed by atoms with Crippen molar-refractivity contribution in [2.24, 2.45) is 0 Å². The molecule has 2 aromatic rings. The summed E-state index contributed by atoms with van der Waals surface area (Å²) in [6, 6.07) is 0.541. The molecule has 1 aliphatic rings. The van der Waals surface area contributed by atoms with Gasteiger partial charge in [0.05, 0.1) is 16.2 Å². The maximum atomic E-state index is 4.53. The third-order valence-electron chi connectivity index (χ3n) is 3.31. The number of rotatable bonds is 2. The largest absolute Gasteiger partial charge is 0.357 e. The number of hydrogen-bond acceptors (Lipinski definition) is 3. The summed E-state index contributed by atoms with van der Waals surface area (Å²) < 4.78 is 0.988. The van der Waals surface area contributed by atoms with E-state index in [0.29, 0.717) is 6.04 Å². The SMILES string of the molecule is Brc1c[nH]c2cnc(NC3CCCCC3)nc12. The Bertz CT molecular complexity index is 516. The number of nitrogens with zero attached hydrogens (tertiary/aromatic N) is 2. The Balaban J connectivity index is 1.82. The van der Waals surface area contributed by atoms with Crippen LogP contribution in [0.5, 0.6) is 0 Å². The molecule has 17 heavy (non-hydrogen) atoms. The molecule has 0 spiro atoms. The zero-order valence-electron chi connectivity index (χ0n) is 9.54. The molecular weight excluding hydrogens is 280 g/mol. The lowest BCUT2D eigenvalue weighted by atomic mass is 9.96. The summed E-state index contributed by atoms with van der Waals surface area (Å²) in [5.74, 6) is 0.740. The molecule has 3 rings (SSSR count). The quantitative estimate of drug-likeness (QED) is 0.892. The topological polar surface area (TPSA) is 53.6 Å². The summed E-state index contributed by atoms with van der Waals surface area (Å²) in [4.78, 5) is 12.0. The number of anilines is 1. The molecule has 1 aliphatic carbocycles. The van der Waals surface area contributed by atoms with E-state index in [2.05, 4.69) is 36.2 Å². The van der Waals surface area contributed by atoms with Crippen LogP contribution in [-0.2, 0) is 0 Å². The predicted octanol–water partition coefficient (Wildman–Crippen LogP) is 3.47. The zero-order valence-corrected chi connectivity index (χ0v) is 11.1. The van der Waals surface area contributed by atoms with E-state index in [0.717, 1.165) is 21.5 Å². The van der Waals surface area contributed by atoms with Gasteiger partial charge in [-0.1, -0.05) is 19.3 Å². The third-order valence-corrected chi connectivity index (χ3v) is 3.91. The van der Waals surface area contributed by atoms with E-state index in [1.165, 1.54) is 32.1 Å². The molecule has 90 valence electrons.